The van der Waals surface area contributed by atoms with Crippen LogP contribution in [0.15, 0.2) is 30.3 Å². The van der Waals surface area contributed by atoms with Crippen LogP contribution in [0.25, 0.3) is 0 Å². The van der Waals surface area contributed by atoms with Gasteiger partial charge in [-0.05, 0) is 0 Å². The van der Waals surface area contributed by atoms with E-state index < -0.39 is 6.29 Å². The van der Waals surface area contributed by atoms with E-state index in [0.29, 0.717) is 5.56 Å². The maximum absolute atomic E-state index is 9.33. The molecule has 0 spiro atoms. The van der Waals surface area contributed by atoms with Crippen LogP contribution >= 0.6 is 0 Å². The van der Waals surface area contributed by atoms with Crippen molar-refractivity contribution >= 4 is 0 Å². The van der Waals surface area contributed by atoms with E-state index in [1.165, 1.54) is 0 Å². The zero-order valence-corrected chi connectivity index (χ0v) is 6.60. The first-order valence-corrected chi connectivity index (χ1v) is 3.62. The molecule has 2 nitrogen and oxygen atoms in total. The summed E-state index contributed by atoms with van der Waals surface area (Å²) in [5.74, 6) is 2.29. The van der Waals surface area contributed by atoms with Crippen molar-refractivity contribution in [3.63, 3.8) is 0 Å². The van der Waals surface area contributed by atoms with Gasteiger partial charge in [-0.25, -0.2) is 0 Å². The predicted molar refractivity (Wildman–Crippen MR) is 46.2 cm³/mol. The van der Waals surface area contributed by atoms with Crippen molar-refractivity contribution in [2.24, 2.45) is 0 Å². The van der Waals surface area contributed by atoms with E-state index in [2.05, 4.69) is 5.92 Å². The summed E-state index contributed by atoms with van der Waals surface area (Å²) < 4.78 is 4.90. The molecule has 0 aliphatic carbocycles. The van der Waals surface area contributed by atoms with E-state index in [4.69, 9.17) is 11.2 Å². The molecule has 1 unspecified atom stereocenters. The van der Waals surface area contributed by atoms with Crippen LogP contribution in [0.2, 0.25) is 0 Å². The average molecular weight is 162 g/mol. The van der Waals surface area contributed by atoms with Crippen molar-refractivity contribution in [3.05, 3.63) is 35.9 Å². The summed E-state index contributed by atoms with van der Waals surface area (Å²) in [7, 11) is 0. The zero-order valence-electron chi connectivity index (χ0n) is 6.60. The Morgan fingerprint density at radius 1 is 1.42 bits per heavy atom. The third-order valence-electron chi connectivity index (χ3n) is 1.41. The Labute approximate surface area is 71.8 Å². The van der Waals surface area contributed by atoms with E-state index >= 15 is 0 Å². The van der Waals surface area contributed by atoms with Crippen LogP contribution in [0, 0.1) is 12.3 Å². The summed E-state index contributed by atoms with van der Waals surface area (Å²) in [6.07, 6.45) is 4.05. The third-order valence-corrected chi connectivity index (χ3v) is 1.41. The highest BCUT2D eigenvalue weighted by atomic mass is 16.6. The summed E-state index contributed by atoms with van der Waals surface area (Å²) >= 11 is 0. The number of rotatable bonds is 3. The second-order valence-electron chi connectivity index (χ2n) is 2.28. The molecule has 1 aromatic rings. The number of ether oxygens (including phenoxy) is 1. The molecule has 0 fully saturated rings. The molecule has 1 N–H and O–H groups in total. The highest BCUT2D eigenvalue weighted by Crippen LogP contribution is 2.12. The van der Waals surface area contributed by atoms with E-state index in [0.717, 1.165) is 0 Å². The summed E-state index contributed by atoms with van der Waals surface area (Å²) in [5.41, 5.74) is 0.716. The quantitative estimate of drug-likeness (QED) is 0.536. The zero-order chi connectivity index (χ0) is 8.81. The van der Waals surface area contributed by atoms with Crippen LogP contribution in [0.1, 0.15) is 11.9 Å². The van der Waals surface area contributed by atoms with Crippen molar-refractivity contribution in [1.82, 2.24) is 0 Å². The number of hydrogen-bond acceptors (Lipinski definition) is 2. The predicted octanol–water partition coefficient (Wildman–Crippen LogP) is 1.33. The first-order valence-electron chi connectivity index (χ1n) is 3.62. The summed E-state index contributed by atoms with van der Waals surface area (Å²) in [5, 5.41) is 9.33. The van der Waals surface area contributed by atoms with Gasteiger partial charge in [0.2, 0.25) is 0 Å². The molecule has 2 heteroatoms. The van der Waals surface area contributed by atoms with Crippen LogP contribution in [-0.4, -0.2) is 11.7 Å². The topological polar surface area (TPSA) is 29.5 Å². The molecule has 1 aromatic carbocycles. The Morgan fingerprint density at radius 2 is 2.08 bits per heavy atom. The molecule has 0 aliphatic heterocycles. The van der Waals surface area contributed by atoms with Gasteiger partial charge in [-0.2, -0.15) is 0 Å². The van der Waals surface area contributed by atoms with Gasteiger partial charge in [0, 0.05) is 5.56 Å². The van der Waals surface area contributed by atoms with Crippen LogP contribution in [0.4, 0.5) is 0 Å². The van der Waals surface area contributed by atoms with Gasteiger partial charge in [0.1, 0.15) is 6.61 Å². The third kappa shape index (κ3) is 2.39. The molecule has 0 amide bonds. The molecular weight excluding hydrogens is 152 g/mol. The first-order chi connectivity index (χ1) is 5.84. The molecule has 1 rings (SSSR count). The Kier molecular flexibility index (Phi) is 3.34. The molecule has 0 saturated carbocycles. The normalized spacial score (nSPS) is 12.0. The van der Waals surface area contributed by atoms with Gasteiger partial charge in [0.05, 0.1) is 0 Å². The molecular formula is C10H10O2. The minimum atomic E-state index is -0.915. The summed E-state index contributed by atoms with van der Waals surface area (Å²) in [6, 6.07) is 9.09. The second-order valence-corrected chi connectivity index (χ2v) is 2.28. The van der Waals surface area contributed by atoms with Gasteiger partial charge >= 0.3 is 0 Å². The summed E-state index contributed by atoms with van der Waals surface area (Å²) in [6.45, 7) is 0.121. The molecule has 1 atom stereocenters. The Balaban J connectivity index is 2.55. The lowest BCUT2D eigenvalue weighted by molar-refractivity contribution is -0.0902. The number of terminal acetylenes is 1. The van der Waals surface area contributed by atoms with E-state index in [1.807, 2.05) is 18.2 Å². The molecule has 0 aromatic heterocycles. The lowest BCUT2D eigenvalue weighted by Gasteiger charge is -2.08. The highest BCUT2D eigenvalue weighted by Gasteiger charge is 2.04. The number of aliphatic hydroxyl groups is 1. The molecule has 0 heterocycles. The first kappa shape index (κ1) is 8.79. The SMILES string of the molecule is C#CCOC(O)c1ccccc1. The van der Waals surface area contributed by atoms with Gasteiger partial charge in [0.15, 0.2) is 6.29 Å². The second kappa shape index (κ2) is 4.55. The van der Waals surface area contributed by atoms with Crippen LogP contribution < -0.4 is 0 Å². The van der Waals surface area contributed by atoms with Crippen molar-refractivity contribution in [1.29, 1.82) is 0 Å². The minimum absolute atomic E-state index is 0.121. The molecule has 0 radical (unpaired) electrons. The Hall–Kier alpha value is -1.30. The molecule has 12 heavy (non-hydrogen) atoms. The fraction of sp³-hybridized carbons (Fsp3) is 0.200. The monoisotopic (exact) mass is 162 g/mol. The molecule has 62 valence electrons. The fourth-order valence-corrected chi connectivity index (χ4v) is 0.841. The van der Waals surface area contributed by atoms with Gasteiger partial charge < -0.3 is 9.84 Å². The number of aliphatic hydroxyl groups excluding tert-OH is 1. The van der Waals surface area contributed by atoms with Crippen molar-refractivity contribution < 1.29 is 9.84 Å². The lowest BCUT2D eigenvalue weighted by atomic mass is 10.2. The Bertz CT molecular complexity index is 261. The van der Waals surface area contributed by atoms with Crippen LogP contribution in [-0.2, 0) is 4.74 Å². The number of benzene rings is 1. The van der Waals surface area contributed by atoms with Gasteiger partial charge in [-0.1, -0.05) is 36.3 Å². The van der Waals surface area contributed by atoms with E-state index in [1.54, 1.807) is 12.1 Å². The molecule has 0 bridgehead atoms. The molecule has 0 aliphatic rings. The average Bonchev–Trinajstić information content (AvgIpc) is 2.15. The smallest absolute Gasteiger partial charge is 0.182 e. The fourth-order valence-electron chi connectivity index (χ4n) is 0.841. The van der Waals surface area contributed by atoms with Crippen LogP contribution in [0.5, 0.6) is 0 Å². The van der Waals surface area contributed by atoms with Gasteiger partial charge in [-0.3, -0.25) is 0 Å². The largest absolute Gasteiger partial charge is 0.364 e. The van der Waals surface area contributed by atoms with E-state index in [9.17, 15) is 5.11 Å². The number of hydrogen-bond donors (Lipinski definition) is 1. The molecule has 0 saturated heterocycles. The minimum Gasteiger partial charge on any atom is -0.364 e. The standard InChI is InChI=1S/C10H10O2/c1-2-8-12-10(11)9-6-4-3-5-7-9/h1,3-7,10-11H,8H2. The maximum atomic E-state index is 9.33. The van der Waals surface area contributed by atoms with Crippen molar-refractivity contribution in [3.8, 4) is 12.3 Å². The lowest BCUT2D eigenvalue weighted by Crippen LogP contribution is -2.02. The van der Waals surface area contributed by atoms with Gasteiger partial charge in [-0.15, -0.1) is 6.42 Å². The van der Waals surface area contributed by atoms with E-state index in [-0.39, 0.29) is 6.61 Å². The van der Waals surface area contributed by atoms with Crippen molar-refractivity contribution in [2.45, 2.75) is 6.29 Å². The van der Waals surface area contributed by atoms with Crippen LogP contribution in [0.3, 0.4) is 0 Å². The summed E-state index contributed by atoms with van der Waals surface area (Å²) in [4.78, 5) is 0. The van der Waals surface area contributed by atoms with Gasteiger partial charge in [0.25, 0.3) is 0 Å². The maximum Gasteiger partial charge on any atom is 0.182 e. The Morgan fingerprint density at radius 3 is 2.67 bits per heavy atom. The van der Waals surface area contributed by atoms with Crippen molar-refractivity contribution in [2.75, 3.05) is 6.61 Å². The highest BCUT2D eigenvalue weighted by molar-refractivity contribution is 5.15.